The number of nitro benzene ring substituents is 1. The molecule has 2 aromatic carbocycles. The number of carbonyl (C=O) groups excluding carboxylic acids is 1. The van der Waals surface area contributed by atoms with Crippen molar-refractivity contribution in [1.29, 1.82) is 0 Å². The van der Waals surface area contributed by atoms with Crippen molar-refractivity contribution in [3.8, 4) is 5.75 Å². The van der Waals surface area contributed by atoms with Crippen molar-refractivity contribution in [2.75, 3.05) is 5.32 Å². The number of phenolic OH excluding ortho intramolecular Hbond substituents is 1. The van der Waals surface area contributed by atoms with Crippen LogP contribution in [0.3, 0.4) is 0 Å². The summed E-state index contributed by atoms with van der Waals surface area (Å²) in [6.07, 6.45) is 0. The van der Waals surface area contributed by atoms with Crippen LogP contribution in [0.2, 0.25) is 5.02 Å². The van der Waals surface area contributed by atoms with Crippen molar-refractivity contribution in [2.45, 2.75) is 0 Å². The van der Waals surface area contributed by atoms with E-state index >= 15 is 0 Å². The Bertz CT molecular complexity index is 716. The van der Waals surface area contributed by atoms with Gasteiger partial charge in [0.2, 0.25) is 0 Å². The Kier molecular flexibility index (Phi) is 4.44. The first-order valence-electron chi connectivity index (χ1n) is 5.61. The number of halogens is 2. The third-order valence-electron chi connectivity index (χ3n) is 2.57. The summed E-state index contributed by atoms with van der Waals surface area (Å²) in [7, 11) is 0. The van der Waals surface area contributed by atoms with Gasteiger partial charge in [-0.1, -0.05) is 27.5 Å². The van der Waals surface area contributed by atoms with E-state index in [1.165, 1.54) is 18.2 Å². The van der Waals surface area contributed by atoms with Crippen molar-refractivity contribution in [1.82, 2.24) is 0 Å². The smallest absolute Gasteiger partial charge is 0.273 e. The number of aromatic hydroxyl groups is 1. The Balaban J connectivity index is 2.25. The van der Waals surface area contributed by atoms with Gasteiger partial charge in [-0.25, -0.2) is 0 Å². The summed E-state index contributed by atoms with van der Waals surface area (Å²) >= 11 is 9.07. The molecule has 6 nitrogen and oxygen atoms in total. The van der Waals surface area contributed by atoms with Crippen molar-refractivity contribution < 1.29 is 14.8 Å². The SMILES string of the molecule is O=C(Nc1ccc([N+](=O)[O-])cc1O)c1cc(Cl)cc(Br)c1. The van der Waals surface area contributed by atoms with Crippen LogP contribution in [0.1, 0.15) is 10.4 Å². The van der Waals surface area contributed by atoms with E-state index in [0.717, 1.165) is 6.07 Å². The molecule has 0 saturated heterocycles. The number of benzene rings is 2. The first-order chi connectivity index (χ1) is 9.86. The van der Waals surface area contributed by atoms with Crippen molar-refractivity contribution in [3.05, 3.63) is 61.6 Å². The molecule has 108 valence electrons. The molecular weight excluding hydrogens is 364 g/mol. The normalized spacial score (nSPS) is 10.2. The summed E-state index contributed by atoms with van der Waals surface area (Å²) in [5.41, 5.74) is 0.0878. The molecule has 0 bridgehead atoms. The van der Waals surface area contributed by atoms with Crippen LogP contribution in [0.4, 0.5) is 11.4 Å². The van der Waals surface area contributed by atoms with Crippen molar-refractivity contribution >= 4 is 44.8 Å². The highest BCUT2D eigenvalue weighted by Crippen LogP contribution is 2.28. The fourth-order valence-corrected chi connectivity index (χ4v) is 2.48. The zero-order chi connectivity index (χ0) is 15.6. The van der Waals surface area contributed by atoms with E-state index in [1.54, 1.807) is 12.1 Å². The Labute approximate surface area is 132 Å². The van der Waals surface area contributed by atoms with Gasteiger partial charge < -0.3 is 10.4 Å². The fraction of sp³-hybridized carbons (Fsp3) is 0. The Morgan fingerprint density at radius 1 is 1.29 bits per heavy atom. The highest BCUT2D eigenvalue weighted by molar-refractivity contribution is 9.10. The second-order valence-electron chi connectivity index (χ2n) is 4.07. The number of carbonyl (C=O) groups is 1. The zero-order valence-corrected chi connectivity index (χ0v) is 12.7. The summed E-state index contributed by atoms with van der Waals surface area (Å²) < 4.78 is 0.632. The molecule has 0 unspecified atom stereocenters. The number of nitro groups is 1. The van der Waals surface area contributed by atoms with Crippen LogP contribution in [0, 0.1) is 10.1 Å². The Morgan fingerprint density at radius 3 is 2.57 bits per heavy atom. The number of phenols is 1. The van der Waals surface area contributed by atoms with Gasteiger partial charge in [0.1, 0.15) is 5.75 Å². The van der Waals surface area contributed by atoms with Gasteiger partial charge in [-0.2, -0.15) is 0 Å². The van der Waals surface area contributed by atoms with Crippen LogP contribution in [0.25, 0.3) is 0 Å². The molecule has 0 atom stereocenters. The predicted octanol–water partition coefficient (Wildman–Crippen LogP) is 3.97. The standard InChI is InChI=1S/C13H8BrClN2O4/c14-8-3-7(4-9(15)5-8)13(19)16-11-2-1-10(17(20)21)6-12(11)18/h1-6,18H,(H,16,19). The summed E-state index contributed by atoms with van der Waals surface area (Å²) in [6.45, 7) is 0. The number of amides is 1. The van der Waals surface area contributed by atoms with Crippen LogP contribution in [0.5, 0.6) is 5.75 Å². The number of hydrogen-bond acceptors (Lipinski definition) is 4. The van der Waals surface area contributed by atoms with Crippen LogP contribution in [-0.4, -0.2) is 15.9 Å². The molecule has 0 aliphatic heterocycles. The quantitative estimate of drug-likeness (QED) is 0.485. The molecule has 0 spiro atoms. The minimum absolute atomic E-state index is 0.0710. The third kappa shape index (κ3) is 3.71. The first-order valence-corrected chi connectivity index (χ1v) is 6.79. The zero-order valence-electron chi connectivity index (χ0n) is 10.3. The number of anilines is 1. The fourth-order valence-electron chi connectivity index (χ4n) is 1.62. The molecule has 1 amide bonds. The summed E-state index contributed by atoms with van der Waals surface area (Å²) in [5.74, 6) is -0.888. The van der Waals surface area contributed by atoms with E-state index in [9.17, 15) is 20.0 Å². The maximum atomic E-state index is 12.1. The molecule has 0 saturated carbocycles. The van der Waals surface area contributed by atoms with E-state index < -0.39 is 16.6 Å². The highest BCUT2D eigenvalue weighted by Gasteiger charge is 2.14. The average molecular weight is 372 g/mol. The summed E-state index contributed by atoms with van der Waals surface area (Å²) in [6, 6.07) is 8.05. The Morgan fingerprint density at radius 2 is 2.00 bits per heavy atom. The molecule has 0 heterocycles. The van der Waals surface area contributed by atoms with Crippen LogP contribution in [0.15, 0.2) is 40.9 Å². The lowest BCUT2D eigenvalue weighted by molar-refractivity contribution is -0.384. The van der Waals surface area contributed by atoms with E-state index in [0.29, 0.717) is 9.50 Å². The molecule has 0 aliphatic carbocycles. The van der Waals surface area contributed by atoms with Crippen LogP contribution >= 0.6 is 27.5 Å². The number of hydrogen-bond donors (Lipinski definition) is 2. The Hall–Kier alpha value is -2.12. The van der Waals surface area contributed by atoms with E-state index in [4.69, 9.17) is 11.6 Å². The number of nitrogens with zero attached hydrogens (tertiary/aromatic N) is 1. The van der Waals surface area contributed by atoms with Gasteiger partial charge in [-0.3, -0.25) is 14.9 Å². The molecular formula is C13H8BrClN2O4. The molecule has 21 heavy (non-hydrogen) atoms. The van der Waals surface area contributed by atoms with Crippen LogP contribution in [-0.2, 0) is 0 Å². The van der Waals surface area contributed by atoms with Gasteiger partial charge in [0.05, 0.1) is 16.7 Å². The maximum Gasteiger partial charge on any atom is 0.273 e. The third-order valence-corrected chi connectivity index (χ3v) is 3.24. The van der Waals surface area contributed by atoms with Crippen LogP contribution < -0.4 is 5.32 Å². The maximum absolute atomic E-state index is 12.1. The van der Waals surface area contributed by atoms with Gasteiger partial charge in [-0.15, -0.1) is 0 Å². The molecule has 2 N–H and O–H groups in total. The molecule has 0 fully saturated rings. The first kappa shape index (κ1) is 15.3. The molecule has 0 radical (unpaired) electrons. The number of nitrogens with one attached hydrogen (secondary N) is 1. The second kappa shape index (κ2) is 6.11. The van der Waals surface area contributed by atoms with Gasteiger partial charge >= 0.3 is 0 Å². The molecule has 8 heteroatoms. The molecule has 0 aromatic heterocycles. The average Bonchev–Trinajstić information content (AvgIpc) is 2.39. The van der Waals surface area contributed by atoms with E-state index in [2.05, 4.69) is 21.2 Å². The van der Waals surface area contributed by atoms with Gasteiger partial charge in [0.25, 0.3) is 11.6 Å². The van der Waals surface area contributed by atoms with E-state index in [-0.39, 0.29) is 16.9 Å². The van der Waals surface area contributed by atoms with Crippen molar-refractivity contribution in [3.63, 3.8) is 0 Å². The molecule has 0 aliphatic rings. The predicted molar refractivity (Wildman–Crippen MR) is 81.9 cm³/mol. The lowest BCUT2D eigenvalue weighted by atomic mass is 10.2. The minimum Gasteiger partial charge on any atom is -0.506 e. The number of rotatable bonds is 3. The largest absolute Gasteiger partial charge is 0.506 e. The second-order valence-corrected chi connectivity index (χ2v) is 5.42. The number of non-ortho nitro benzene ring substituents is 1. The van der Waals surface area contributed by atoms with Gasteiger partial charge in [-0.05, 0) is 24.3 Å². The van der Waals surface area contributed by atoms with Gasteiger partial charge in [0.15, 0.2) is 0 Å². The highest BCUT2D eigenvalue weighted by atomic mass is 79.9. The molecule has 2 aromatic rings. The lowest BCUT2D eigenvalue weighted by Crippen LogP contribution is -2.12. The van der Waals surface area contributed by atoms with Crippen molar-refractivity contribution in [2.24, 2.45) is 0 Å². The summed E-state index contributed by atoms with van der Waals surface area (Å²) in [5, 5.41) is 23.1. The minimum atomic E-state index is -0.639. The van der Waals surface area contributed by atoms with Gasteiger partial charge in [0, 0.05) is 21.1 Å². The topological polar surface area (TPSA) is 92.5 Å². The molecule has 2 rings (SSSR count). The van der Waals surface area contributed by atoms with E-state index in [1.807, 2.05) is 0 Å². The lowest BCUT2D eigenvalue weighted by Gasteiger charge is -2.08. The monoisotopic (exact) mass is 370 g/mol. The summed E-state index contributed by atoms with van der Waals surface area (Å²) in [4.78, 5) is 22.0.